The van der Waals surface area contributed by atoms with Crippen molar-refractivity contribution in [2.45, 2.75) is 51.8 Å². The molecule has 11 heteroatoms. The van der Waals surface area contributed by atoms with E-state index < -0.39 is 24.1 Å². The summed E-state index contributed by atoms with van der Waals surface area (Å²) < 4.78 is 46.0. The zero-order valence-corrected chi connectivity index (χ0v) is 22.8. The van der Waals surface area contributed by atoms with Crippen LogP contribution in [0.2, 0.25) is 5.02 Å². The van der Waals surface area contributed by atoms with E-state index in [1.165, 1.54) is 12.1 Å². The van der Waals surface area contributed by atoms with E-state index in [-0.39, 0.29) is 46.6 Å². The number of amides is 1. The first kappa shape index (κ1) is 30.2. The number of hydrogen-bond donors (Lipinski definition) is 2. The second kappa shape index (κ2) is 12.2. The first-order chi connectivity index (χ1) is 18.2. The number of carbonyl (C=O) groups is 2. The Hall–Kier alpha value is -3.37. The summed E-state index contributed by atoms with van der Waals surface area (Å²) >= 11 is 6.50. The Bertz CT molecular complexity index is 1340. The Morgan fingerprint density at radius 2 is 1.77 bits per heavy atom. The SMILES string of the molecule is CC(C)C(=O)c1nc(-c2ccc(CC(CCO)c3c(C(N)=O)ccc(OC(C)C(F)(F)F)c3Cl)cc2)cn1C. The number of aromatic nitrogens is 2. The minimum Gasteiger partial charge on any atom is -0.480 e. The van der Waals surface area contributed by atoms with Crippen molar-refractivity contribution in [3.63, 3.8) is 0 Å². The van der Waals surface area contributed by atoms with Crippen LogP contribution in [0.5, 0.6) is 5.75 Å². The fraction of sp³-hybridized carbons (Fsp3) is 0.393. The van der Waals surface area contributed by atoms with Gasteiger partial charge < -0.3 is 20.1 Å². The Morgan fingerprint density at radius 3 is 2.31 bits per heavy atom. The predicted octanol–water partition coefficient (Wildman–Crippen LogP) is 5.72. The molecule has 210 valence electrons. The molecule has 0 saturated carbocycles. The maximum Gasteiger partial charge on any atom is 0.425 e. The average molecular weight is 566 g/mol. The van der Waals surface area contributed by atoms with E-state index >= 15 is 0 Å². The number of alkyl halides is 3. The van der Waals surface area contributed by atoms with E-state index in [0.29, 0.717) is 17.9 Å². The van der Waals surface area contributed by atoms with Crippen molar-refractivity contribution in [1.82, 2.24) is 9.55 Å². The molecule has 0 fully saturated rings. The van der Waals surface area contributed by atoms with Crippen LogP contribution in [0.15, 0.2) is 42.6 Å². The highest BCUT2D eigenvalue weighted by atomic mass is 35.5. The summed E-state index contributed by atoms with van der Waals surface area (Å²) in [5, 5.41) is 9.59. The highest BCUT2D eigenvalue weighted by molar-refractivity contribution is 6.33. The second-order valence-electron chi connectivity index (χ2n) is 9.69. The molecule has 1 aromatic heterocycles. The molecule has 0 aliphatic rings. The molecule has 0 aliphatic carbocycles. The Kier molecular flexibility index (Phi) is 9.45. The zero-order valence-electron chi connectivity index (χ0n) is 22.1. The van der Waals surface area contributed by atoms with E-state index in [4.69, 9.17) is 22.1 Å². The van der Waals surface area contributed by atoms with Crippen LogP contribution in [0.25, 0.3) is 11.3 Å². The van der Waals surface area contributed by atoms with Crippen LogP contribution in [0.3, 0.4) is 0 Å². The minimum atomic E-state index is -4.62. The van der Waals surface area contributed by atoms with Crippen LogP contribution < -0.4 is 10.5 Å². The topological polar surface area (TPSA) is 107 Å². The van der Waals surface area contributed by atoms with Gasteiger partial charge in [-0.1, -0.05) is 49.7 Å². The van der Waals surface area contributed by atoms with Crippen LogP contribution in [-0.2, 0) is 13.5 Å². The largest absolute Gasteiger partial charge is 0.480 e. The number of primary amides is 1. The van der Waals surface area contributed by atoms with E-state index in [9.17, 15) is 27.9 Å². The number of Topliss-reactive ketones (excluding diaryl/α,β-unsaturated/α-hetero) is 1. The molecule has 0 spiro atoms. The van der Waals surface area contributed by atoms with Crippen LogP contribution in [0.1, 0.15) is 65.2 Å². The van der Waals surface area contributed by atoms with Crippen molar-refractivity contribution in [2.75, 3.05) is 6.61 Å². The Morgan fingerprint density at radius 1 is 1.13 bits per heavy atom. The van der Waals surface area contributed by atoms with Crippen LogP contribution in [0.4, 0.5) is 13.2 Å². The number of aliphatic hydroxyl groups excluding tert-OH is 1. The molecule has 7 nitrogen and oxygen atoms in total. The number of aliphatic hydroxyl groups is 1. The molecular formula is C28H31ClF3N3O4. The molecule has 0 aliphatic heterocycles. The number of ketones is 1. The number of nitrogens with zero attached hydrogens (tertiary/aromatic N) is 2. The number of nitrogens with two attached hydrogens (primary N) is 1. The molecule has 1 heterocycles. The third-order valence-corrected chi connectivity index (χ3v) is 6.80. The standard InChI is InChI=1S/C28H31ClF3N3O4/c1-15(2)25(37)27-34-21(14-35(27)4)18-7-5-17(6-8-18)13-19(11-12-36)23-20(26(33)38)9-10-22(24(23)29)39-16(3)28(30,31)32/h5-10,14-16,19,36H,11-13H2,1-4H3,(H2,33,38). The van der Waals surface area contributed by atoms with E-state index in [0.717, 1.165) is 18.1 Å². The molecule has 2 atom stereocenters. The maximum atomic E-state index is 13.1. The number of ether oxygens (including phenoxy) is 1. The molecule has 2 aromatic carbocycles. The van der Waals surface area contributed by atoms with Crippen molar-refractivity contribution in [2.24, 2.45) is 18.7 Å². The van der Waals surface area contributed by atoms with Crippen LogP contribution in [0, 0.1) is 5.92 Å². The normalized spacial score (nSPS) is 13.4. The smallest absolute Gasteiger partial charge is 0.425 e. The van der Waals surface area contributed by atoms with Gasteiger partial charge in [0.05, 0.1) is 10.7 Å². The highest BCUT2D eigenvalue weighted by Gasteiger charge is 2.39. The lowest BCUT2D eigenvalue weighted by atomic mass is 9.86. The van der Waals surface area contributed by atoms with Gasteiger partial charge in [0.25, 0.3) is 0 Å². The first-order valence-electron chi connectivity index (χ1n) is 12.4. The third kappa shape index (κ3) is 6.99. The molecule has 0 radical (unpaired) electrons. The predicted molar refractivity (Wildman–Crippen MR) is 142 cm³/mol. The average Bonchev–Trinajstić information content (AvgIpc) is 3.25. The van der Waals surface area contributed by atoms with Gasteiger partial charge in [0.15, 0.2) is 11.9 Å². The summed E-state index contributed by atoms with van der Waals surface area (Å²) in [6.07, 6.45) is -4.51. The molecule has 3 rings (SSSR count). The molecule has 3 aromatic rings. The number of benzene rings is 2. The monoisotopic (exact) mass is 565 g/mol. The fourth-order valence-corrected chi connectivity index (χ4v) is 4.59. The molecule has 39 heavy (non-hydrogen) atoms. The quantitative estimate of drug-likeness (QED) is 0.289. The highest BCUT2D eigenvalue weighted by Crippen LogP contribution is 2.40. The van der Waals surface area contributed by atoms with Gasteiger partial charge in [-0.05, 0) is 48.9 Å². The van der Waals surface area contributed by atoms with E-state index in [2.05, 4.69) is 4.98 Å². The molecule has 2 unspecified atom stereocenters. The minimum absolute atomic E-state index is 0.0397. The lowest BCUT2D eigenvalue weighted by molar-refractivity contribution is -0.189. The van der Waals surface area contributed by atoms with Gasteiger partial charge >= 0.3 is 6.18 Å². The molecule has 0 bridgehead atoms. The van der Waals surface area contributed by atoms with Gasteiger partial charge in [-0.25, -0.2) is 4.98 Å². The number of hydrogen-bond acceptors (Lipinski definition) is 5. The Balaban J connectivity index is 1.94. The van der Waals surface area contributed by atoms with E-state index in [1.54, 1.807) is 17.8 Å². The van der Waals surface area contributed by atoms with E-state index in [1.807, 2.05) is 38.1 Å². The van der Waals surface area contributed by atoms with Gasteiger partial charge in [0.1, 0.15) is 5.75 Å². The first-order valence-corrected chi connectivity index (χ1v) is 12.8. The molecule has 1 amide bonds. The van der Waals surface area contributed by atoms with Crippen molar-refractivity contribution in [3.05, 3.63) is 70.1 Å². The number of rotatable bonds is 11. The maximum absolute atomic E-state index is 13.1. The zero-order chi connectivity index (χ0) is 29.1. The lowest BCUT2D eigenvalue weighted by Gasteiger charge is -2.24. The van der Waals surface area contributed by atoms with Gasteiger partial charge in [0.2, 0.25) is 11.7 Å². The summed E-state index contributed by atoms with van der Waals surface area (Å²) in [6, 6.07) is 9.80. The Labute approximate surface area is 229 Å². The number of carbonyl (C=O) groups excluding carboxylic acids is 2. The van der Waals surface area contributed by atoms with Crippen molar-refractivity contribution in [3.8, 4) is 17.0 Å². The van der Waals surface area contributed by atoms with Crippen molar-refractivity contribution in [1.29, 1.82) is 0 Å². The van der Waals surface area contributed by atoms with Crippen molar-refractivity contribution >= 4 is 23.3 Å². The van der Waals surface area contributed by atoms with Gasteiger partial charge in [-0.3, -0.25) is 9.59 Å². The summed E-state index contributed by atoms with van der Waals surface area (Å²) in [5.74, 6) is -1.48. The third-order valence-electron chi connectivity index (χ3n) is 6.41. The van der Waals surface area contributed by atoms with Gasteiger partial charge in [0, 0.05) is 36.9 Å². The number of aryl methyl sites for hydroxylation is 1. The number of halogens is 4. The van der Waals surface area contributed by atoms with Gasteiger partial charge in [-0.15, -0.1) is 0 Å². The van der Waals surface area contributed by atoms with Gasteiger partial charge in [-0.2, -0.15) is 13.2 Å². The number of imidazole rings is 1. The molecular weight excluding hydrogens is 535 g/mol. The molecule has 0 saturated heterocycles. The summed E-state index contributed by atoms with van der Waals surface area (Å²) in [6.45, 7) is 4.21. The van der Waals surface area contributed by atoms with Crippen LogP contribution in [-0.4, -0.2) is 45.2 Å². The summed E-state index contributed by atoms with van der Waals surface area (Å²) in [7, 11) is 1.76. The lowest BCUT2D eigenvalue weighted by Crippen LogP contribution is -2.31. The second-order valence-corrected chi connectivity index (χ2v) is 10.1. The fourth-order valence-electron chi connectivity index (χ4n) is 4.23. The molecule has 3 N–H and O–H groups in total. The van der Waals surface area contributed by atoms with Crippen molar-refractivity contribution < 1.29 is 32.6 Å². The summed E-state index contributed by atoms with van der Waals surface area (Å²) in [5.41, 5.74) is 8.04. The van der Waals surface area contributed by atoms with Crippen LogP contribution >= 0.6 is 11.6 Å². The summed E-state index contributed by atoms with van der Waals surface area (Å²) in [4.78, 5) is 29.1.